The zero-order valence-electron chi connectivity index (χ0n) is 14.6. The summed E-state index contributed by atoms with van der Waals surface area (Å²) >= 11 is 0. The fourth-order valence-corrected chi connectivity index (χ4v) is 3.26. The highest BCUT2D eigenvalue weighted by Crippen LogP contribution is 2.33. The lowest BCUT2D eigenvalue weighted by atomic mass is 9.85. The Kier molecular flexibility index (Phi) is 5.43. The van der Waals surface area contributed by atoms with Crippen LogP contribution in [0, 0.1) is 12.8 Å². The van der Waals surface area contributed by atoms with Crippen molar-refractivity contribution in [1.82, 2.24) is 4.98 Å². The van der Waals surface area contributed by atoms with Crippen LogP contribution in [0.25, 0.3) is 16.7 Å². The summed E-state index contributed by atoms with van der Waals surface area (Å²) in [4.78, 5) is 4.79. The summed E-state index contributed by atoms with van der Waals surface area (Å²) in [6.45, 7) is 4.36. The first-order valence-corrected chi connectivity index (χ1v) is 8.83. The predicted molar refractivity (Wildman–Crippen MR) is 104 cm³/mol. The van der Waals surface area contributed by atoms with E-state index in [9.17, 15) is 0 Å². The number of allylic oxidation sites excluding steroid dienone is 6. The molecule has 3 rings (SSSR count). The second kappa shape index (κ2) is 7.92. The van der Waals surface area contributed by atoms with Gasteiger partial charge < -0.3 is 0 Å². The molecule has 0 aliphatic heterocycles. The molecule has 1 heterocycles. The highest BCUT2D eigenvalue weighted by molar-refractivity contribution is 5.72. The number of hydrogen-bond donors (Lipinski definition) is 0. The maximum Gasteiger partial charge on any atom is 0.0667 e. The molecule has 0 radical (unpaired) electrons. The van der Waals surface area contributed by atoms with Gasteiger partial charge in [-0.15, -0.1) is 0 Å². The summed E-state index contributed by atoms with van der Waals surface area (Å²) in [5.41, 5.74) is 6.21. The largest absolute Gasteiger partial charge is 0.256 e. The molecule has 2 aromatic rings. The lowest BCUT2D eigenvalue weighted by Crippen LogP contribution is -2.06. The molecular formula is C23H25N. The first-order chi connectivity index (χ1) is 11.8. The third-order valence-electron chi connectivity index (χ3n) is 4.59. The van der Waals surface area contributed by atoms with Gasteiger partial charge in [-0.05, 0) is 54.9 Å². The smallest absolute Gasteiger partial charge is 0.0667 e. The standard InChI is InChI=1S/C23H25N/c1-3-4-6-11-19-14-9-10-15-21(19)23-16-18(2)22(17-24-23)20-12-7-5-8-13-20/h4-10,12-13,15-17,19H,3,11,14H2,1-2H3. The number of hydrogen-bond acceptors (Lipinski definition) is 1. The number of rotatable bonds is 5. The highest BCUT2D eigenvalue weighted by Gasteiger charge is 2.17. The predicted octanol–water partition coefficient (Wildman–Crippen LogP) is 6.37. The molecule has 0 N–H and O–H groups in total. The lowest BCUT2D eigenvalue weighted by molar-refractivity contribution is 0.685. The van der Waals surface area contributed by atoms with Crippen LogP contribution < -0.4 is 0 Å². The second-order valence-electron chi connectivity index (χ2n) is 6.35. The molecule has 1 aliphatic carbocycles. The van der Waals surface area contributed by atoms with Gasteiger partial charge in [0.25, 0.3) is 0 Å². The minimum absolute atomic E-state index is 0.535. The number of aryl methyl sites for hydroxylation is 1. The van der Waals surface area contributed by atoms with E-state index >= 15 is 0 Å². The molecule has 1 aliphatic rings. The number of aromatic nitrogens is 1. The van der Waals surface area contributed by atoms with Crippen molar-refractivity contribution >= 4 is 5.57 Å². The minimum Gasteiger partial charge on any atom is -0.256 e. The van der Waals surface area contributed by atoms with Gasteiger partial charge in [-0.2, -0.15) is 0 Å². The molecule has 0 spiro atoms. The van der Waals surface area contributed by atoms with E-state index in [1.165, 1.54) is 22.3 Å². The first-order valence-electron chi connectivity index (χ1n) is 8.83. The van der Waals surface area contributed by atoms with Crippen LogP contribution in [0.5, 0.6) is 0 Å². The van der Waals surface area contributed by atoms with Crippen molar-refractivity contribution in [3.05, 3.63) is 84.2 Å². The van der Waals surface area contributed by atoms with E-state index in [1.54, 1.807) is 0 Å². The van der Waals surface area contributed by atoms with Gasteiger partial charge in [0, 0.05) is 11.8 Å². The summed E-state index contributed by atoms with van der Waals surface area (Å²) in [7, 11) is 0. The second-order valence-corrected chi connectivity index (χ2v) is 6.35. The van der Waals surface area contributed by atoms with Crippen molar-refractivity contribution in [3.8, 4) is 11.1 Å². The highest BCUT2D eigenvalue weighted by atomic mass is 14.7. The van der Waals surface area contributed by atoms with Gasteiger partial charge >= 0.3 is 0 Å². The average Bonchev–Trinajstić information content (AvgIpc) is 2.63. The van der Waals surface area contributed by atoms with Crippen LogP contribution in [-0.2, 0) is 0 Å². The third-order valence-corrected chi connectivity index (χ3v) is 4.59. The summed E-state index contributed by atoms with van der Waals surface area (Å²) in [5, 5.41) is 0. The normalized spacial score (nSPS) is 17.2. The Hall–Kier alpha value is -2.41. The number of nitrogens with zero attached hydrogens (tertiary/aromatic N) is 1. The van der Waals surface area contributed by atoms with Crippen molar-refractivity contribution in [2.24, 2.45) is 5.92 Å². The maximum absolute atomic E-state index is 4.79. The number of pyridine rings is 1. The topological polar surface area (TPSA) is 12.9 Å². The van der Waals surface area contributed by atoms with Gasteiger partial charge in [-0.25, -0.2) is 0 Å². The van der Waals surface area contributed by atoms with Crippen LogP contribution in [0.3, 0.4) is 0 Å². The molecule has 1 nitrogen and oxygen atoms in total. The summed E-state index contributed by atoms with van der Waals surface area (Å²) in [5.74, 6) is 0.535. The molecule has 1 heteroatoms. The van der Waals surface area contributed by atoms with E-state index in [1.807, 2.05) is 12.3 Å². The van der Waals surface area contributed by atoms with Crippen LogP contribution in [0.15, 0.2) is 73.0 Å². The molecule has 0 saturated heterocycles. The SMILES string of the molecule is CCC=CCC1CC=CC=C1c1cc(C)c(-c2ccccc2)cn1. The zero-order chi connectivity index (χ0) is 16.8. The number of benzene rings is 1. The van der Waals surface area contributed by atoms with Crippen LogP contribution in [-0.4, -0.2) is 4.98 Å². The Morgan fingerprint density at radius 2 is 2.00 bits per heavy atom. The maximum atomic E-state index is 4.79. The molecule has 122 valence electrons. The van der Waals surface area contributed by atoms with E-state index in [4.69, 9.17) is 4.98 Å². The van der Waals surface area contributed by atoms with Crippen molar-refractivity contribution in [2.75, 3.05) is 0 Å². The average molecular weight is 315 g/mol. The molecule has 1 aromatic carbocycles. The molecule has 0 fully saturated rings. The zero-order valence-corrected chi connectivity index (χ0v) is 14.6. The lowest BCUT2D eigenvalue weighted by Gasteiger charge is -2.21. The van der Waals surface area contributed by atoms with E-state index in [0.29, 0.717) is 5.92 Å². The van der Waals surface area contributed by atoms with E-state index in [-0.39, 0.29) is 0 Å². The molecule has 0 saturated carbocycles. The van der Waals surface area contributed by atoms with Gasteiger partial charge in [-0.1, -0.05) is 67.6 Å². The Balaban J connectivity index is 1.88. The molecule has 24 heavy (non-hydrogen) atoms. The Morgan fingerprint density at radius 3 is 2.75 bits per heavy atom. The Bertz CT molecular complexity index is 766. The first kappa shape index (κ1) is 16.4. The fraction of sp³-hybridized carbons (Fsp3) is 0.261. The van der Waals surface area contributed by atoms with E-state index in [0.717, 1.165) is 25.0 Å². The van der Waals surface area contributed by atoms with Crippen LogP contribution in [0.2, 0.25) is 0 Å². The minimum atomic E-state index is 0.535. The van der Waals surface area contributed by atoms with Gasteiger partial charge in [0.15, 0.2) is 0 Å². The molecule has 1 atom stereocenters. The van der Waals surface area contributed by atoms with E-state index in [2.05, 4.69) is 74.6 Å². The van der Waals surface area contributed by atoms with Crippen molar-refractivity contribution < 1.29 is 0 Å². The van der Waals surface area contributed by atoms with Gasteiger partial charge in [0.2, 0.25) is 0 Å². The van der Waals surface area contributed by atoms with Crippen molar-refractivity contribution in [3.63, 3.8) is 0 Å². The Morgan fingerprint density at radius 1 is 1.17 bits per heavy atom. The van der Waals surface area contributed by atoms with Gasteiger partial charge in [0.05, 0.1) is 5.69 Å². The van der Waals surface area contributed by atoms with E-state index < -0.39 is 0 Å². The fourth-order valence-electron chi connectivity index (χ4n) is 3.26. The molecular weight excluding hydrogens is 290 g/mol. The van der Waals surface area contributed by atoms with Gasteiger partial charge in [-0.3, -0.25) is 4.98 Å². The molecule has 1 unspecified atom stereocenters. The summed E-state index contributed by atoms with van der Waals surface area (Å²) in [6, 6.07) is 12.7. The van der Waals surface area contributed by atoms with Crippen LogP contribution in [0.4, 0.5) is 0 Å². The van der Waals surface area contributed by atoms with Gasteiger partial charge in [0.1, 0.15) is 0 Å². The third kappa shape index (κ3) is 3.73. The van der Waals surface area contributed by atoms with Crippen molar-refractivity contribution in [2.45, 2.75) is 33.1 Å². The molecule has 1 aromatic heterocycles. The van der Waals surface area contributed by atoms with Crippen molar-refractivity contribution in [1.29, 1.82) is 0 Å². The Labute approximate surface area is 145 Å². The molecule has 0 amide bonds. The summed E-state index contributed by atoms with van der Waals surface area (Å²) in [6.07, 6.45) is 16.5. The summed E-state index contributed by atoms with van der Waals surface area (Å²) < 4.78 is 0. The van der Waals surface area contributed by atoms with Crippen LogP contribution >= 0.6 is 0 Å². The van der Waals surface area contributed by atoms with Crippen LogP contribution in [0.1, 0.15) is 37.4 Å². The quantitative estimate of drug-likeness (QED) is 0.584. The monoisotopic (exact) mass is 315 g/mol. The molecule has 0 bridgehead atoms.